The summed E-state index contributed by atoms with van der Waals surface area (Å²) in [7, 11) is 1.66. The van der Waals surface area contributed by atoms with Gasteiger partial charge in [-0.15, -0.1) is 0 Å². The summed E-state index contributed by atoms with van der Waals surface area (Å²) in [6, 6.07) is 12.1. The first-order valence-electron chi connectivity index (χ1n) is 9.71. The number of aryl methyl sites for hydroxylation is 1. The lowest BCUT2D eigenvalue weighted by molar-refractivity contribution is -0.919. The summed E-state index contributed by atoms with van der Waals surface area (Å²) < 4.78 is 7.45. The van der Waals surface area contributed by atoms with Crippen molar-refractivity contribution < 1.29 is 19.5 Å². The fourth-order valence-electron chi connectivity index (χ4n) is 4.02. The monoisotopic (exact) mass is 379 g/mol. The number of carboxylic acids is 1. The summed E-state index contributed by atoms with van der Waals surface area (Å²) in [6.45, 7) is 4.56. The molecule has 3 aromatic rings. The first kappa shape index (κ1) is 18.5. The van der Waals surface area contributed by atoms with E-state index in [1.807, 2.05) is 30.3 Å². The van der Waals surface area contributed by atoms with Crippen molar-refractivity contribution >= 4 is 11.6 Å². The van der Waals surface area contributed by atoms with E-state index in [1.165, 1.54) is 10.5 Å². The van der Waals surface area contributed by atoms with Gasteiger partial charge in [0.1, 0.15) is 23.6 Å². The molecule has 1 saturated heterocycles. The summed E-state index contributed by atoms with van der Waals surface area (Å²) in [6.07, 6.45) is 3.47. The largest absolute Gasteiger partial charge is 0.550 e. The number of ether oxygens (including phenoxy) is 1. The number of nitrogens with one attached hydrogen (secondary N) is 1. The molecule has 1 aliphatic rings. The summed E-state index contributed by atoms with van der Waals surface area (Å²) in [5.41, 5.74) is 5.29. The molecule has 0 aliphatic carbocycles. The molecule has 0 radical (unpaired) electrons. The molecule has 0 atom stereocenters. The van der Waals surface area contributed by atoms with Crippen molar-refractivity contribution in [2.45, 2.75) is 26.3 Å². The predicted molar refractivity (Wildman–Crippen MR) is 104 cm³/mol. The van der Waals surface area contributed by atoms with E-state index in [9.17, 15) is 9.90 Å². The number of quaternary nitrogens is 1. The van der Waals surface area contributed by atoms with Gasteiger partial charge in [-0.1, -0.05) is 6.07 Å². The predicted octanol–water partition coefficient (Wildman–Crippen LogP) is 0.863. The van der Waals surface area contributed by atoms with E-state index in [0.29, 0.717) is 12.8 Å². The summed E-state index contributed by atoms with van der Waals surface area (Å²) in [4.78, 5) is 17.4. The van der Waals surface area contributed by atoms with Gasteiger partial charge in [0, 0.05) is 36.5 Å². The minimum Gasteiger partial charge on any atom is -0.550 e. The van der Waals surface area contributed by atoms with Crippen molar-refractivity contribution in [2.75, 3.05) is 20.2 Å². The number of pyridine rings is 1. The molecule has 0 saturated carbocycles. The fourth-order valence-corrected chi connectivity index (χ4v) is 4.02. The molecule has 3 heterocycles. The standard InChI is InChI=1S/C22H25N3O3/c1-15-3-8-20-23-21(16-4-6-18(28-2)7-5-16)19(25(20)13-15)14-24-11-9-17(10-12-24)22(26)27/h3-8,13,17H,9-12,14H2,1-2H3,(H,26,27). The Morgan fingerprint density at radius 3 is 2.57 bits per heavy atom. The molecule has 1 fully saturated rings. The quantitative estimate of drug-likeness (QED) is 0.714. The molecule has 0 unspecified atom stereocenters. The third kappa shape index (κ3) is 3.60. The highest BCUT2D eigenvalue weighted by molar-refractivity contribution is 5.68. The molecule has 0 spiro atoms. The first-order valence-corrected chi connectivity index (χ1v) is 9.71. The highest BCUT2D eigenvalue weighted by Gasteiger charge is 2.25. The number of hydrogen-bond acceptors (Lipinski definition) is 4. The molecule has 4 rings (SSSR count). The highest BCUT2D eigenvalue weighted by Crippen LogP contribution is 2.26. The van der Waals surface area contributed by atoms with E-state index in [4.69, 9.17) is 9.72 Å². The third-order valence-corrected chi connectivity index (χ3v) is 5.67. The number of hydrogen-bond donors (Lipinski definition) is 1. The van der Waals surface area contributed by atoms with E-state index in [0.717, 1.165) is 48.0 Å². The second-order valence-electron chi connectivity index (χ2n) is 7.59. The number of rotatable bonds is 5. The number of piperidine rings is 1. The summed E-state index contributed by atoms with van der Waals surface area (Å²) in [5.74, 6) is -0.405. The van der Waals surface area contributed by atoms with Crippen LogP contribution >= 0.6 is 0 Å². The number of carbonyl (C=O) groups excluding carboxylic acids is 1. The van der Waals surface area contributed by atoms with Gasteiger partial charge < -0.3 is 19.5 Å². The zero-order valence-corrected chi connectivity index (χ0v) is 16.3. The van der Waals surface area contributed by atoms with Gasteiger partial charge in [0.15, 0.2) is 0 Å². The summed E-state index contributed by atoms with van der Waals surface area (Å²) in [5, 5.41) is 11.1. The molecule has 1 aromatic carbocycles. The van der Waals surface area contributed by atoms with Crippen LogP contribution in [0.3, 0.4) is 0 Å². The lowest BCUT2D eigenvalue weighted by Crippen LogP contribution is -3.12. The highest BCUT2D eigenvalue weighted by atomic mass is 16.5. The SMILES string of the molecule is COc1ccc(-c2nc3ccc(C)cn3c2C[NH+]2CCC(C(=O)[O-])CC2)cc1. The Morgan fingerprint density at radius 2 is 1.93 bits per heavy atom. The van der Waals surface area contributed by atoms with E-state index < -0.39 is 5.97 Å². The minimum atomic E-state index is -0.914. The Morgan fingerprint density at radius 1 is 1.21 bits per heavy atom. The molecule has 1 aliphatic heterocycles. The van der Waals surface area contributed by atoms with E-state index in [1.54, 1.807) is 7.11 Å². The number of imidazole rings is 1. The van der Waals surface area contributed by atoms with Gasteiger partial charge >= 0.3 is 0 Å². The van der Waals surface area contributed by atoms with E-state index in [2.05, 4.69) is 23.6 Å². The normalized spacial score (nSPS) is 19.6. The number of benzene rings is 1. The number of carboxylic acid groups (broad SMARTS) is 1. The number of aliphatic carboxylic acids is 1. The van der Waals surface area contributed by atoms with Crippen molar-refractivity contribution in [3.8, 4) is 17.0 Å². The number of fused-ring (bicyclic) bond motifs is 1. The van der Waals surface area contributed by atoms with Gasteiger partial charge in [-0.05, 0) is 42.8 Å². The molecular formula is C22H25N3O3. The topological polar surface area (TPSA) is 71.1 Å². The van der Waals surface area contributed by atoms with Gasteiger partial charge in [-0.25, -0.2) is 4.98 Å². The third-order valence-electron chi connectivity index (χ3n) is 5.67. The maximum absolute atomic E-state index is 11.1. The zero-order valence-electron chi connectivity index (χ0n) is 16.3. The van der Waals surface area contributed by atoms with Crippen molar-refractivity contribution in [3.63, 3.8) is 0 Å². The van der Waals surface area contributed by atoms with Crippen LogP contribution < -0.4 is 14.7 Å². The van der Waals surface area contributed by atoms with Crippen molar-refractivity contribution in [1.82, 2.24) is 9.38 Å². The molecule has 2 aromatic heterocycles. The molecule has 1 N–H and O–H groups in total. The van der Waals surface area contributed by atoms with Gasteiger partial charge in [0.2, 0.25) is 0 Å². The van der Waals surface area contributed by atoms with Gasteiger partial charge in [-0.3, -0.25) is 4.40 Å². The summed E-state index contributed by atoms with van der Waals surface area (Å²) >= 11 is 0. The van der Waals surface area contributed by atoms with Gasteiger partial charge in [0.25, 0.3) is 0 Å². The lowest BCUT2D eigenvalue weighted by atomic mass is 9.97. The number of methoxy groups -OCH3 is 1. The van der Waals surface area contributed by atoms with Crippen LogP contribution in [-0.2, 0) is 11.3 Å². The molecule has 6 nitrogen and oxygen atoms in total. The van der Waals surface area contributed by atoms with Crippen LogP contribution in [-0.4, -0.2) is 35.6 Å². The molecular weight excluding hydrogens is 354 g/mol. The maximum Gasteiger partial charge on any atom is 0.137 e. The average molecular weight is 379 g/mol. The van der Waals surface area contributed by atoms with Gasteiger partial charge in [-0.2, -0.15) is 0 Å². The number of nitrogens with zero attached hydrogens (tertiary/aromatic N) is 2. The molecule has 146 valence electrons. The van der Waals surface area contributed by atoms with Crippen LogP contribution in [0, 0.1) is 12.8 Å². The maximum atomic E-state index is 11.1. The fraction of sp³-hybridized carbons (Fsp3) is 0.364. The second kappa shape index (κ2) is 7.64. The Hall–Kier alpha value is -2.86. The zero-order chi connectivity index (χ0) is 19.7. The second-order valence-corrected chi connectivity index (χ2v) is 7.59. The molecule has 28 heavy (non-hydrogen) atoms. The van der Waals surface area contributed by atoms with Crippen LogP contribution in [0.25, 0.3) is 16.9 Å². The van der Waals surface area contributed by atoms with Crippen molar-refractivity contribution in [2.24, 2.45) is 5.92 Å². The van der Waals surface area contributed by atoms with Crippen LogP contribution in [0.4, 0.5) is 0 Å². The van der Waals surface area contributed by atoms with Crippen LogP contribution in [0.5, 0.6) is 5.75 Å². The Labute approximate surface area is 164 Å². The average Bonchev–Trinajstić information content (AvgIpc) is 3.06. The number of aromatic nitrogens is 2. The molecule has 0 amide bonds. The molecule has 0 bridgehead atoms. The van der Waals surface area contributed by atoms with Crippen LogP contribution in [0.1, 0.15) is 24.1 Å². The molecule has 6 heteroatoms. The van der Waals surface area contributed by atoms with E-state index >= 15 is 0 Å². The van der Waals surface area contributed by atoms with Crippen molar-refractivity contribution in [1.29, 1.82) is 0 Å². The Bertz CT molecular complexity index is 986. The first-order chi connectivity index (χ1) is 13.5. The van der Waals surface area contributed by atoms with Crippen LogP contribution in [0.15, 0.2) is 42.6 Å². The lowest BCUT2D eigenvalue weighted by Gasteiger charge is -2.29. The smallest absolute Gasteiger partial charge is 0.137 e. The van der Waals surface area contributed by atoms with E-state index in [-0.39, 0.29) is 5.92 Å². The van der Waals surface area contributed by atoms with Crippen molar-refractivity contribution in [3.05, 3.63) is 53.9 Å². The Balaban J connectivity index is 1.68. The Kier molecular flexibility index (Phi) is 5.05. The van der Waals surface area contributed by atoms with Gasteiger partial charge in [0.05, 0.1) is 25.9 Å². The number of carbonyl (C=O) groups is 1. The minimum absolute atomic E-state index is 0.311. The van der Waals surface area contributed by atoms with Crippen LogP contribution in [0.2, 0.25) is 0 Å². The number of likely N-dealkylation sites (tertiary alicyclic amines) is 1.